The van der Waals surface area contributed by atoms with Crippen molar-refractivity contribution in [2.24, 2.45) is 0 Å². The molecular weight excluding hydrogens is 224 g/mol. The third-order valence-electron chi connectivity index (χ3n) is 3.39. The molecule has 0 radical (unpaired) electrons. The Morgan fingerprint density at radius 1 is 0.944 bits per heavy atom. The van der Waals surface area contributed by atoms with E-state index in [1.54, 1.807) is 0 Å². The van der Waals surface area contributed by atoms with Gasteiger partial charge in [0, 0.05) is 5.56 Å². The highest BCUT2D eigenvalue weighted by atomic mass is 16.3. The van der Waals surface area contributed by atoms with Crippen molar-refractivity contribution in [3.63, 3.8) is 0 Å². The van der Waals surface area contributed by atoms with Crippen molar-refractivity contribution in [2.45, 2.75) is 40.7 Å². The maximum absolute atomic E-state index is 10.6. The quantitative estimate of drug-likeness (QED) is 0.869. The summed E-state index contributed by atoms with van der Waals surface area (Å²) in [7, 11) is 0. The first-order valence-electron chi connectivity index (χ1n) is 6.23. The lowest BCUT2D eigenvalue weighted by Crippen LogP contribution is -2.05. The standard InChI is InChI=1S/C16H20O2/c1-9-6-10(2)15(11(3)7-9)16(17)14-8-12(4)18-13(14)5/h6-8,16-17H,1-5H3. The fraction of sp³-hybridized carbons (Fsp3) is 0.375. The fourth-order valence-corrected chi connectivity index (χ4v) is 2.70. The molecule has 0 aliphatic rings. The van der Waals surface area contributed by atoms with E-state index in [2.05, 4.69) is 19.1 Å². The Morgan fingerprint density at radius 3 is 1.94 bits per heavy atom. The molecule has 1 atom stereocenters. The van der Waals surface area contributed by atoms with E-state index in [-0.39, 0.29) is 0 Å². The van der Waals surface area contributed by atoms with Crippen LogP contribution in [0.15, 0.2) is 22.6 Å². The van der Waals surface area contributed by atoms with Crippen LogP contribution in [0, 0.1) is 34.6 Å². The molecule has 1 N–H and O–H groups in total. The molecule has 0 amide bonds. The van der Waals surface area contributed by atoms with Crippen LogP contribution in [0.25, 0.3) is 0 Å². The average Bonchev–Trinajstić information content (AvgIpc) is 2.56. The van der Waals surface area contributed by atoms with Crippen LogP contribution in [-0.2, 0) is 0 Å². The van der Waals surface area contributed by atoms with Crippen molar-refractivity contribution >= 4 is 0 Å². The zero-order valence-electron chi connectivity index (χ0n) is 11.7. The second kappa shape index (κ2) is 4.62. The number of furan rings is 1. The Hall–Kier alpha value is -1.54. The van der Waals surface area contributed by atoms with Crippen LogP contribution < -0.4 is 0 Å². The zero-order valence-corrected chi connectivity index (χ0v) is 11.7. The Bertz CT molecular complexity index is 556. The second-order valence-corrected chi connectivity index (χ2v) is 5.08. The Morgan fingerprint density at radius 2 is 1.50 bits per heavy atom. The normalized spacial score (nSPS) is 12.8. The van der Waals surface area contributed by atoms with Gasteiger partial charge in [0.1, 0.15) is 17.6 Å². The lowest BCUT2D eigenvalue weighted by molar-refractivity contribution is 0.216. The summed E-state index contributed by atoms with van der Waals surface area (Å²) in [5, 5.41) is 10.6. The molecule has 2 rings (SSSR count). The van der Waals surface area contributed by atoms with Crippen LogP contribution in [0.3, 0.4) is 0 Å². The van der Waals surface area contributed by atoms with Gasteiger partial charge in [-0.05, 0) is 57.4 Å². The summed E-state index contributed by atoms with van der Waals surface area (Å²) in [6, 6.07) is 6.13. The molecule has 1 aromatic carbocycles. The molecule has 1 unspecified atom stereocenters. The van der Waals surface area contributed by atoms with Gasteiger partial charge in [-0.1, -0.05) is 17.7 Å². The van der Waals surface area contributed by atoms with Crippen molar-refractivity contribution in [3.05, 3.63) is 57.5 Å². The predicted molar refractivity (Wildman–Crippen MR) is 72.9 cm³/mol. The van der Waals surface area contributed by atoms with E-state index < -0.39 is 6.10 Å². The predicted octanol–water partition coefficient (Wildman–Crippen LogP) is 3.90. The fourth-order valence-electron chi connectivity index (χ4n) is 2.70. The number of hydrogen-bond acceptors (Lipinski definition) is 2. The highest BCUT2D eigenvalue weighted by Crippen LogP contribution is 2.31. The lowest BCUT2D eigenvalue weighted by Gasteiger charge is -2.17. The van der Waals surface area contributed by atoms with Gasteiger partial charge in [0.25, 0.3) is 0 Å². The van der Waals surface area contributed by atoms with E-state index in [9.17, 15) is 5.11 Å². The Labute approximate surface area is 108 Å². The summed E-state index contributed by atoms with van der Waals surface area (Å²) in [5.74, 6) is 1.63. The molecule has 1 aromatic heterocycles. The van der Waals surface area contributed by atoms with Crippen molar-refractivity contribution in [2.75, 3.05) is 0 Å². The molecule has 2 nitrogen and oxygen atoms in total. The van der Waals surface area contributed by atoms with Crippen LogP contribution in [0.4, 0.5) is 0 Å². The minimum atomic E-state index is -0.608. The first kappa shape index (κ1) is 12.9. The van der Waals surface area contributed by atoms with Gasteiger partial charge < -0.3 is 9.52 Å². The van der Waals surface area contributed by atoms with Crippen molar-refractivity contribution in [1.82, 2.24) is 0 Å². The van der Waals surface area contributed by atoms with E-state index in [1.165, 1.54) is 5.56 Å². The summed E-state index contributed by atoms with van der Waals surface area (Å²) in [6.45, 7) is 9.95. The smallest absolute Gasteiger partial charge is 0.108 e. The molecule has 0 spiro atoms. The van der Waals surface area contributed by atoms with Crippen molar-refractivity contribution < 1.29 is 9.52 Å². The minimum Gasteiger partial charge on any atom is -0.466 e. The molecule has 0 saturated heterocycles. The zero-order chi connectivity index (χ0) is 13.4. The highest BCUT2D eigenvalue weighted by Gasteiger charge is 2.20. The van der Waals surface area contributed by atoms with Crippen molar-refractivity contribution in [3.8, 4) is 0 Å². The van der Waals surface area contributed by atoms with Gasteiger partial charge in [-0.15, -0.1) is 0 Å². The minimum absolute atomic E-state index is 0.608. The molecule has 0 aliphatic carbocycles. The molecule has 0 fully saturated rings. The third-order valence-corrected chi connectivity index (χ3v) is 3.39. The van der Waals surface area contributed by atoms with Gasteiger partial charge in [0.2, 0.25) is 0 Å². The van der Waals surface area contributed by atoms with Crippen LogP contribution in [0.5, 0.6) is 0 Å². The van der Waals surface area contributed by atoms with E-state index in [1.807, 2.05) is 33.8 Å². The van der Waals surface area contributed by atoms with E-state index >= 15 is 0 Å². The third kappa shape index (κ3) is 2.21. The molecule has 0 aliphatic heterocycles. The topological polar surface area (TPSA) is 33.4 Å². The summed E-state index contributed by atoms with van der Waals surface area (Å²) in [5.41, 5.74) is 5.32. The van der Waals surface area contributed by atoms with Crippen molar-refractivity contribution in [1.29, 1.82) is 0 Å². The molecule has 2 aromatic rings. The van der Waals surface area contributed by atoms with Crippen LogP contribution in [0.1, 0.15) is 45.4 Å². The number of hydrogen-bond donors (Lipinski definition) is 1. The number of aliphatic hydroxyl groups excluding tert-OH is 1. The summed E-state index contributed by atoms with van der Waals surface area (Å²) in [4.78, 5) is 0. The molecule has 0 saturated carbocycles. The van der Waals surface area contributed by atoms with Crippen LogP contribution >= 0.6 is 0 Å². The lowest BCUT2D eigenvalue weighted by atomic mass is 9.92. The summed E-state index contributed by atoms with van der Waals surface area (Å²) >= 11 is 0. The maximum atomic E-state index is 10.6. The number of aryl methyl sites for hydroxylation is 5. The van der Waals surface area contributed by atoms with Gasteiger partial charge >= 0.3 is 0 Å². The van der Waals surface area contributed by atoms with Crippen LogP contribution in [-0.4, -0.2) is 5.11 Å². The Kier molecular flexibility index (Phi) is 3.31. The van der Waals surface area contributed by atoms with E-state index in [0.717, 1.165) is 33.8 Å². The first-order chi connectivity index (χ1) is 8.40. The molecule has 18 heavy (non-hydrogen) atoms. The van der Waals surface area contributed by atoms with Gasteiger partial charge in [0.05, 0.1) is 0 Å². The molecule has 0 bridgehead atoms. The largest absolute Gasteiger partial charge is 0.466 e. The summed E-state index contributed by atoms with van der Waals surface area (Å²) in [6.07, 6.45) is -0.608. The molecule has 1 heterocycles. The van der Waals surface area contributed by atoms with Crippen LogP contribution in [0.2, 0.25) is 0 Å². The van der Waals surface area contributed by atoms with E-state index in [0.29, 0.717) is 0 Å². The number of aliphatic hydroxyl groups is 1. The van der Waals surface area contributed by atoms with Gasteiger partial charge in [0.15, 0.2) is 0 Å². The van der Waals surface area contributed by atoms with Gasteiger partial charge in [-0.3, -0.25) is 0 Å². The first-order valence-corrected chi connectivity index (χ1v) is 6.23. The molecule has 96 valence electrons. The number of rotatable bonds is 2. The van der Waals surface area contributed by atoms with Gasteiger partial charge in [-0.25, -0.2) is 0 Å². The number of benzene rings is 1. The SMILES string of the molecule is Cc1cc(C)c(C(O)c2cc(C)oc2C)c(C)c1. The summed E-state index contributed by atoms with van der Waals surface area (Å²) < 4.78 is 5.50. The molecular formula is C16H20O2. The Balaban J connectivity index is 2.52. The van der Waals surface area contributed by atoms with E-state index in [4.69, 9.17) is 4.42 Å². The highest BCUT2D eigenvalue weighted by molar-refractivity contribution is 5.43. The monoisotopic (exact) mass is 244 g/mol. The molecule has 2 heteroatoms. The van der Waals surface area contributed by atoms with Gasteiger partial charge in [-0.2, -0.15) is 0 Å². The average molecular weight is 244 g/mol. The maximum Gasteiger partial charge on any atom is 0.108 e. The second-order valence-electron chi connectivity index (χ2n) is 5.08.